The molecule has 1 aromatic carbocycles. The summed E-state index contributed by atoms with van der Waals surface area (Å²) in [5.74, 6) is 0.267. The smallest absolute Gasteiger partial charge is 0.229 e. The number of anilines is 2. The molecule has 0 spiro atoms. The summed E-state index contributed by atoms with van der Waals surface area (Å²) in [6, 6.07) is 6.87. The first kappa shape index (κ1) is 33.4. The van der Waals surface area contributed by atoms with Crippen LogP contribution in [0.15, 0.2) is 30.5 Å². The highest BCUT2D eigenvalue weighted by Gasteiger charge is 2.23. The number of benzene rings is 1. The number of pyridine rings is 1. The largest absolute Gasteiger partial charge is 0.329 e. The van der Waals surface area contributed by atoms with Crippen LogP contribution in [0, 0.1) is 18.6 Å². The van der Waals surface area contributed by atoms with Crippen molar-refractivity contribution < 1.29 is 14.0 Å². The lowest BCUT2D eigenvalue weighted by Gasteiger charge is -2.27. The third kappa shape index (κ3) is 8.04. The number of nitrogens with one attached hydrogen (secondary N) is 2. The van der Waals surface area contributed by atoms with Crippen LogP contribution in [0.25, 0.3) is 22.3 Å². The van der Waals surface area contributed by atoms with Gasteiger partial charge in [-0.2, -0.15) is 0 Å². The Bertz CT molecular complexity index is 1480. The van der Waals surface area contributed by atoms with E-state index in [0.717, 1.165) is 43.5 Å². The van der Waals surface area contributed by atoms with E-state index in [1.807, 2.05) is 44.4 Å². The Balaban J connectivity index is 0.000000868. The second-order valence-corrected chi connectivity index (χ2v) is 10.3. The van der Waals surface area contributed by atoms with Gasteiger partial charge in [-0.05, 0) is 51.5 Å². The van der Waals surface area contributed by atoms with E-state index >= 15 is 4.39 Å². The van der Waals surface area contributed by atoms with Crippen LogP contribution < -0.4 is 16.5 Å². The van der Waals surface area contributed by atoms with Crippen molar-refractivity contribution in [2.75, 3.05) is 32.0 Å². The second kappa shape index (κ2) is 14.9. The van der Waals surface area contributed by atoms with Crippen LogP contribution in [0.4, 0.5) is 20.5 Å². The Morgan fingerprint density at radius 3 is 2.46 bits per heavy atom. The van der Waals surface area contributed by atoms with Gasteiger partial charge in [0.05, 0.1) is 11.7 Å². The SMILES string of the molecule is CNO.Cc1nc2c(F)cc(-c3nc(Nc4ccc5c(n4)CCN(CCN)C5)ncc3F)cc2n1C(C)(C)C.II. The number of aryl methyl sites for hydroxylation is 1. The number of nitrogens with two attached hydrogens (primary N) is 1. The van der Waals surface area contributed by atoms with E-state index in [0.29, 0.717) is 29.3 Å². The summed E-state index contributed by atoms with van der Waals surface area (Å²) in [6.07, 6.45) is 1.91. The number of hydrogen-bond donors (Lipinski definition) is 4. The Kier molecular flexibility index (Phi) is 12.1. The molecule has 41 heavy (non-hydrogen) atoms. The zero-order chi connectivity index (χ0) is 30.3. The molecule has 3 aromatic heterocycles. The molecule has 0 amide bonds. The molecule has 4 aromatic rings. The van der Waals surface area contributed by atoms with Crippen LogP contribution in [0.2, 0.25) is 0 Å². The monoisotopic (exact) mass is 793 g/mol. The minimum Gasteiger partial charge on any atom is -0.329 e. The number of fused-ring (bicyclic) bond motifs is 2. The van der Waals surface area contributed by atoms with Gasteiger partial charge in [-0.1, -0.05) is 6.07 Å². The first-order valence-electron chi connectivity index (χ1n) is 12.9. The van der Waals surface area contributed by atoms with Gasteiger partial charge >= 0.3 is 0 Å². The molecule has 0 atom stereocenters. The predicted molar refractivity (Wildman–Crippen MR) is 175 cm³/mol. The number of hydroxylamine groups is 1. The number of nitrogens with zero attached hydrogens (tertiary/aromatic N) is 6. The third-order valence-corrected chi connectivity index (χ3v) is 6.38. The van der Waals surface area contributed by atoms with E-state index in [9.17, 15) is 4.39 Å². The molecule has 1 aliphatic rings. The fourth-order valence-corrected chi connectivity index (χ4v) is 4.90. The zero-order valence-electron chi connectivity index (χ0n) is 23.6. The zero-order valence-corrected chi connectivity index (χ0v) is 28.0. The van der Waals surface area contributed by atoms with Crippen LogP contribution in [0.5, 0.6) is 0 Å². The summed E-state index contributed by atoms with van der Waals surface area (Å²) in [4.78, 5) is 19.9. The lowest BCUT2D eigenvalue weighted by molar-refractivity contribution is 0.194. The number of imidazole rings is 1. The van der Waals surface area contributed by atoms with E-state index in [4.69, 9.17) is 15.9 Å². The van der Waals surface area contributed by atoms with E-state index in [1.165, 1.54) is 13.1 Å². The average Bonchev–Trinajstić information content (AvgIpc) is 3.28. The molecular weight excluding hydrogens is 758 g/mol. The maximum Gasteiger partial charge on any atom is 0.229 e. The van der Waals surface area contributed by atoms with Crippen LogP contribution in [0.3, 0.4) is 0 Å². The summed E-state index contributed by atoms with van der Waals surface area (Å²) >= 11 is 4.24. The normalized spacial score (nSPS) is 13.1. The van der Waals surface area contributed by atoms with Crippen molar-refractivity contribution in [3.8, 4) is 11.3 Å². The molecule has 0 saturated carbocycles. The number of halogens is 4. The lowest BCUT2D eigenvalue weighted by atomic mass is 10.1. The van der Waals surface area contributed by atoms with Gasteiger partial charge in [0.25, 0.3) is 0 Å². The number of aromatic nitrogens is 5. The molecule has 0 aliphatic carbocycles. The highest BCUT2D eigenvalue weighted by molar-refractivity contribution is 15.0. The van der Waals surface area contributed by atoms with E-state index in [1.54, 1.807) is 11.5 Å². The standard InChI is InChI=1S/C26H30F2N8.CH5NO.I2/c1-15-31-24-18(27)11-17(12-21(24)36(15)26(2,3)4)23-19(28)13-30-25(34-23)33-22-6-5-16-14-35(10-8-29)9-7-20(16)32-22;1-2-3;1-2/h5-6,11-13H,7-10,14,29H2,1-4H3,(H,30,32,33,34);2-3H,1H3;. The van der Waals surface area contributed by atoms with Crippen molar-refractivity contribution in [2.24, 2.45) is 5.73 Å². The minimum atomic E-state index is -0.642. The van der Waals surface area contributed by atoms with E-state index in [2.05, 4.69) is 62.4 Å². The average molecular weight is 793 g/mol. The Morgan fingerprint density at radius 2 is 1.80 bits per heavy atom. The lowest BCUT2D eigenvalue weighted by Crippen LogP contribution is -2.34. The summed E-state index contributed by atoms with van der Waals surface area (Å²) in [5, 5.41) is 10.4. The minimum absolute atomic E-state index is 0.00278. The second-order valence-electron chi connectivity index (χ2n) is 10.3. The quantitative estimate of drug-likeness (QED) is 0.150. The molecule has 4 heterocycles. The van der Waals surface area contributed by atoms with Gasteiger partial charge in [-0.25, -0.2) is 34.2 Å². The maximum absolute atomic E-state index is 15.1. The summed E-state index contributed by atoms with van der Waals surface area (Å²) < 4.78 is 31.9. The van der Waals surface area contributed by atoms with Gasteiger partial charge in [0.1, 0.15) is 22.9 Å². The van der Waals surface area contributed by atoms with Gasteiger partial charge in [-0.3, -0.25) is 4.90 Å². The first-order valence-corrected chi connectivity index (χ1v) is 19.2. The molecule has 5 rings (SSSR count). The van der Waals surface area contributed by atoms with Crippen molar-refractivity contribution in [3.05, 3.63) is 59.2 Å². The molecule has 222 valence electrons. The van der Waals surface area contributed by atoms with Crippen molar-refractivity contribution in [1.29, 1.82) is 0 Å². The van der Waals surface area contributed by atoms with Crippen molar-refractivity contribution in [3.63, 3.8) is 0 Å². The van der Waals surface area contributed by atoms with Gasteiger partial charge in [0.2, 0.25) is 5.95 Å². The highest BCUT2D eigenvalue weighted by atomic mass is 128. The van der Waals surface area contributed by atoms with Crippen LogP contribution >= 0.6 is 37.2 Å². The van der Waals surface area contributed by atoms with Gasteiger partial charge in [0.15, 0.2) is 11.6 Å². The highest BCUT2D eigenvalue weighted by Crippen LogP contribution is 2.32. The fraction of sp³-hybridized carbons (Fsp3) is 0.407. The van der Waals surface area contributed by atoms with Crippen molar-refractivity contribution >= 4 is 60.0 Å². The van der Waals surface area contributed by atoms with Crippen molar-refractivity contribution in [1.82, 2.24) is 34.9 Å². The van der Waals surface area contributed by atoms with Gasteiger partial charge in [-0.15, -0.1) is 0 Å². The molecule has 0 radical (unpaired) electrons. The first-order chi connectivity index (χ1) is 19.5. The van der Waals surface area contributed by atoms with Gasteiger partial charge in [0, 0.05) is 93.7 Å². The van der Waals surface area contributed by atoms with Gasteiger partial charge < -0.3 is 20.8 Å². The summed E-state index contributed by atoms with van der Waals surface area (Å²) in [6.45, 7) is 11.1. The van der Waals surface area contributed by atoms with Crippen LogP contribution in [-0.2, 0) is 18.5 Å². The molecule has 0 unspecified atom stereocenters. The maximum atomic E-state index is 15.1. The van der Waals surface area contributed by atoms with E-state index in [-0.39, 0.29) is 22.7 Å². The number of rotatable bonds is 5. The Morgan fingerprint density at radius 1 is 1.10 bits per heavy atom. The molecule has 1 aliphatic heterocycles. The van der Waals surface area contributed by atoms with Crippen molar-refractivity contribution in [2.45, 2.75) is 46.2 Å². The molecule has 10 nitrogen and oxygen atoms in total. The molecule has 5 N–H and O–H groups in total. The molecule has 0 saturated heterocycles. The van der Waals surface area contributed by atoms with Crippen LogP contribution in [0.1, 0.15) is 37.9 Å². The predicted octanol–water partition coefficient (Wildman–Crippen LogP) is 5.66. The summed E-state index contributed by atoms with van der Waals surface area (Å²) in [5.41, 5.74) is 10.4. The molecule has 14 heteroatoms. The van der Waals surface area contributed by atoms with Crippen LogP contribution in [-0.4, -0.2) is 61.3 Å². The molecular formula is C27H35F2I2N9O. The topological polar surface area (TPSA) is 130 Å². The molecule has 0 bridgehead atoms. The Labute approximate surface area is 261 Å². The number of hydrogen-bond acceptors (Lipinski definition) is 9. The molecule has 0 fully saturated rings. The third-order valence-electron chi connectivity index (χ3n) is 6.38. The summed E-state index contributed by atoms with van der Waals surface area (Å²) in [7, 11) is 1.43. The Hall–Kier alpha value is -2.12. The fourth-order valence-electron chi connectivity index (χ4n) is 4.90. The van der Waals surface area contributed by atoms with E-state index < -0.39 is 11.6 Å².